The second-order valence-electron chi connectivity index (χ2n) is 6.33. The Morgan fingerprint density at radius 3 is 2.62 bits per heavy atom. The lowest BCUT2D eigenvalue weighted by Crippen LogP contribution is -2.51. The van der Waals surface area contributed by atoms with Gasteiger partial charge in [-0.15, -0.1) is 0 Å². The molecule has 5 nitrogen and oxygen atoms in total. The van der Waals surface area contributed by atoms with E-state index in [1.54, 1.807) is 6.92 Å². The lowest BCUT2D eigenvalue weighted by Gasteiger charge is -2.42. The normalized spacial score (nSPS) is 25.1. The summed E-state index contributed by atoms with van der Waals surface area (Å²) in [5.74, 6) is -0.00850. The van der Waals surface area contributed by atoms with Crippen molar-refractivity contribution in [1.82, 2.24) is 4.90 Å². The van der Waals surface area contributed by atoms with Crippen molar-refractivity contribution >= 4 is 11.9 Å². The van der Waals surface area contributed by atoms with E-state index in [4.69, 9.17) is 9.47 Å². The number of ether oxygens (including phenoxy) is 2. The van der Waals surface area contributed by atoms with E-state index in [0.29, 0.717) is 12.2 Å². The van der Waals surface area contributed by atoms with Crippen molar-refractivity contribution < 1.29 is 19.1 Å². The maximum Gasteiger partial charge on any atom is 0.399 e. The summed E-state index contributed by atoms with van der Waals surface area (Å²) < 4.78 is 11.3. The van der Waals surface area contributed by atoms with Crippen LogP contribution in [-0.2, 0) is 26.5 Å². The predicted molar refractivity (Wildman–Crippen MR) is 86.4 cm³/mol. The minimum atomic E-state index is -1.07. The van der Waals surface area contributed by atoms with Crippen molar-refractivity contribution in [1.29, 1.82) is 0 Å². The third-order valence-corrected chi connectivity index (χ3v) is 4.66. The molecule has 0 N–H and O–H groups in total. The lowest BCUT2D eigenvalue weighted by molar-refractivity contribution is -0.156. The van der Waals surface area contributed by atoms with Crippen molar-refractivity contribution in [3.8, 4) is 11.5 Å². The lowest BCUT2D eigenvalue weighted by atomic mass is 9.87. The molecule has 122 valence electrons. The van der Waals surface area contributed by atoms with Gasteiger partial charge in [-0.05, 0) is 50.1 Å². The number of carbonyl (C=O) groups is 2. The Morgan fingerprint density at radius 1 is 1.12 bits per heavy atom. The van der Waals surface area contributed by atoms with E-state index in [2.05, 4.69) is 0 Å². The molecule has 2 aliphatic heterocycles. The summed E-state index contributed by atoms with van der Waals surface area (Å²) in [5, 5.41) is 0. The standard InChI is InChI=1S/C19H17NO4/c1-12-10-13-8-9-15(23-14-6-4-3-5-7-14)11-16(13)19(2)20(12)17(21)18(22)24-19/h3-9,11-12H,10H2,1-2H3. The zero-order valence-corrected chi connectivity index (χ0v) is 13.5. The topological polar surface area (TPSA) is 55.8 Å². The summed E-state index contributed by atoms with van der Waals surface area (Å²) in [5.41, 5.74) is 0.786. The van der Waals surface area contributed by atoms with Crippen molar-refractivity contribution in [3.63, 3.8) is 0 Å². The molecule has 1 fully saturated rings. The molecule has 24 heavy (non-hydrogen) atoms. The molecule has 5 heteroatoms. The van der Waals surface area contributed by atoms with Crippen molar-refractivity contribution in [2.75, 3.05) is 0 Å². The van der Waals surface area contributed by atoms with Gasteiger partial charge in [0.1, 0.15) is 11.5 Å². The van der Waals surface area contributed by atoms with Gasteiger partial charge in [0.2, 0.25) is 5.72 Å². The van der Waals surface area contributed by atoms with E-state index in [0.717, 1.165) is 16.9 Å². The number of rotatable bonds is 2. The summed E-state index contributed by atoms with van der Waals surface area (Å²) in [6.07, 6.45) is 0.679. The number of nitrogens with zero attached hydrogens (tertiary/aromatic N) is 1. The van der Waals surface area contributed by atoms with Crippen LogP contribution in [0.25, 0.3) is 0 Å². The van der Waals surface area contributed by atoms with Gasteiger partial charge in [-0.3, -0.25) is 9.69 Å². The van der Waals surface area contributed by atoms with Gasteiger partial charge in [0.15, 0.2) is 0 Å². The van der Waals surface area contributed by atoms with Crippen LogP contribution >= 0.6 is 0 Å². The van der Waals surface area contributed by atoms with Crippen molar-refractivity contribution in [2.45, 2.75) is 32.0 Å². The predicted octanol–water partition coefficient (Wildman–Crippen LogP) is 2.98. The van der Waals surface area contributed by atoms with Gasteiger partial charge >= 0.3 is 11.9 Å². The molecule has 2 unspecified atom stereocenters. The SMILES string of the molecule is CC1Cc2ccc(Oc3ccccc3)cc2C2(C)OC(=O)C(=O)N12. The summed E-state index contributed by atoms with van der Waals surface area (Å²) in [6, 6.07) is 15.1. The van der Waals surface area contributed by atoms with Crippen LogP contribution in [0.2, 0.25) is 0 Å². The van der Waals surface area contributed by atoms with Crippen LogP contribution in [0.5, 0.6) is 11.5 Å². The van der Waals surface area contributed by atoms with E-state index in [-0.39, 0.29) is 6.04 Å². The van der Waals surface area contributed by atoms with Gasteiger partial charge in [-0.1, -0.05) is 24.3 Å². The molecule has 1 amide bonds. The fourth-order valence-corrected chi connectivity index (χ4v) is 3.63. The number of fused-ring (bicyclic) bond motifs is 3. The first kappa shape index (κ1) is 14.8. The molecular weight excluding hydrogens is 306 g/mol. The maximum absolute atomic E-state index is 12.2. The average Bonchev–Trinajstić information content (AvgIpc) is 2.80. The molecule has 0 radical (unpaired) electrons. The Labute approximate surface area is 139 Å². The number of hydrogen-bond acceptors (Lipinski definition) is 4. The molecule has 0 aliphatic carbocycles. The number of amides is 1. The van der Waals surface area contributed by atoms with E-state index in [1.165, 1.54) is 4.90 Å². The summed E-state index contributed by atoms with van der Waals surface area (Å²) >= 11 is 0. The van der Waals surface area contributed by atoms with Gasteiger partial charge in [0.05, 0.1) is 0 Å². The van der Waals surface area contributed by atoms with Crippen molar-refractivity contribution in [3.05, 3.63) is 59.7 Å². The number of para-hydroxylation sites is 1. The van der Waals surface area contributed by atoms with Gasteiger partial charge < -0.3 is 9.47 Å². The third kappa shape index (κ3) is 2.08. The second-order valence-corrected chi connectivity index (χ2v) is 6.33. The maximum atomic E-state index is 12.2. The Bertz CT molecular complexity index is 833. The molecule has 0 saturated carbocycles. The van der Waals surface area contributed by atoms with Crippen LogP contribution in [0.15, 0.2) is 48.5 Å². The minimum absolute atomic E-state index is 0.0951. The second kappa shape index (κ2) is 5.09. The van der Waals surface area contributed by atoms with Gasteiger partial charge in [-0.2, -0.15) is 0 Å². The van der Waals surface area contributed by atoms with Gasteiger partial charge in [0, 0.05) is 11.6 Å². The zero-order valence-electron chi connectivity index (χ0n) is 13.5. The molecule has 0 spiro atoms. The molecule has 0 bridgehead atoms. The van der Waals surface area contributed by atoms with Crippen molar-refractivity contribution in [2.24, 2.45) is 0 Å². The highest BCUT2D eigenvalue weighted by atomic mass is 16.6. The highest BCUT2D eigenvalue weighted by Gasteiger charge is 2.55. The Kier molecular flexibility index (Phi) is 3.13. The van der Waals surface area contributed by atoms with Gasteiger partial charge in [0.25, 0.3) is 0 Å². The fourth-order valence-electron chi connectivity index (χ4n) is 3.63. The Hall–Kier alpha value is -2.82. The summed E-state index contributed by atoms with van der Waals surface area (Å²) in [6.45, 7) is 3.69. The van der Waals surface area contributed by atoms with Crippen LogP contribution in [0.4, 0.5) is 0 Å². The van der Waals surface area contributed by atoms with E-state index in [1.807, 2.05) is 55.5 Å². The van der Waals surface area contributed by atoms with Crippen LogP contribution in [0.1, 0.15) is 25.0 Å². The van der Waals surface area contributed by atoms with E-state index in [9.17, 15) is 9.59 Å². The van der Waals surface area contributed by atoms with Crippen LogP contribution < -0.4 is 4.74 Å². The Balaban J connectivity index is 1.76. The summed E-state index contributed by atoms with van der Waals surface area (Å²) in [7, 11) is 0. The number of hydrogen-bond donors (Lipinski definition) is 0. The minimum Gasteiger partial charge on any atom is -0.457 e. The average molecular weight is 323 g/mol. The molecule has 1 saturated heterocycles. The Morgan fingerprint density at radius 2 is 1.88 bits per heavy atom. The highest BCUT2D eigenvalue weighted by molar-refractivity contribution is 6.34. The number of esters is 1. The zero-order chi connectivity index (χ0) is 16.9. The van der Waals surface area contributed by atoms with E-state index >= 15 is 0 Å². The van der Waals surface area contributed by atoms with E-state index < -0.39 is 17.6 Å². The molecule has 2 aromatic carbocycles. The van der Waals surface area contributed by atoms with Crippen LogP contribution in [0, 0.1) is 0 Å². The first-order valence-corrected chi connectivity index (χ1v) is 7.92. The summed E-state index contributed by atoms with van der Waals surface area (Å²) in [4.78, 5) is 25.5. The van der Waals surface area contributed by atoms with Gasteiger partial charge in [-0.25, -0.2) is 4.79 Å². The monoisotopic (exact) mass is 323 g/mol. The fraction of sp³-hybridized carbons (Fsp3) is 0.263. The molecule has 2 heterocycles. The van der Waals surface area contributed by atoms with Crippen LogP contribution in [0.3, 0.4) is 0 Å². The highest BCUT2D eigenvalue weighted by Crippen LogP contribution is 2.44. The third-order valence-electron chi connectivity index (χ3n) is 4.66. The molecule has 0 aromatic heterocycles. The largest absolute Gasteiger partial charge is 0.457 e. The number of carbonyl (C=O) groups excluding carboxylic acids is 2. The molecule has 2 atom stereocenters. The van der Waals surface area contributed by atoms with Crippen LogP contribution in [-0.4, -0.2) is 22.8 Å². The first-order chi connectivity index (χ1) is 11.5. The molecular formula is C19H17NO4. The quantitative estimate of drug-likeness (QED) is 0.630. The number of benzene rings is 2. The first-order valence-electron chi connectivity index (χ1n) is 7.92. The smallest absolute Gasteiger partial charge is 0.399 e. The molecule has 2 aromatic rings. The molecule has 4 rings (SSSR count). The molecule has 2 aliphatic rings.